The number of carbonyl (C=O) groups excluding carboxylic acids is 1. The van der Waals surface area contributed by atoms with Gasteiger partial charge in [0.1, 0.15) is 5.82 Å². The minimum atomic E-state index is -0.265. The Morgan fingerprint density at radius 1 is 1.12 bits per heavy atom. The Kier molecular flexibility index (Phi) is 6.33. The number of benzene rings is 2. The van der Waals surface area contributed by atoms with Crippen molar-refractivity contribution in [2.45, 2.75) is 37.3 Å². The maximum absolute atomic E-state index is 13.5. The summed E-state index contributed by atoms with van der Waals surface area (Å²) >= 11 is 0. The van der Waals surface area contributed by atoms with Crippen LogP contribution in [0.15, 0.2) is 72.9 Å². The number of hydrogen-bond acceptors (Lipinski definition) is 4. The van der Waals surface area contributed by atoms with Gasteiger partial charge in [-0.3, -0.25) is 9.78 Å². The third-order valence-electron chi connectivity index (χ3n) is 7.20. The van der Waals surface area contributed by atoms with Gasteiger partial charge in [0, 0.05) is 49.7 Å². The van der Waals surface area contributed by atoms with Crippen LogP contribution in [0.5, 0.6) is 0 Å². The lowest BCUT2D eigenvalue weighted by Crippen LogP contribution is -2.47. The van der Waals surface area contributed by atoms with Gasteiger partial charge in [-0.1, -0.05) is 30.3 Å². The highest BCUT2D eigenvalue weighted by Crippen LogP contribution is 2.38. The number of carbonyl (C=O) groups is 1. The Balaban J connectivity index is 1.19. The van der Waals surface area contributed by atoms with Gasteiger partial charge < -0.3 is 14.5 Å². The SMILES string of the molecule is CN(c1ccccc1)[C@@H]1COC2(CCN(C(=O)c3ccnc(Cc4cccc(F)c4)c3)CC2)C1. The zero-order valence-corrected chi connectivity index (χ0v) is 19.5. The number of pyridine rings is 1. The van der Waals surface area contributed by atoms with Gasteiger partial charge in [0.25, 0.3) is 5.91 Å². The minimum Gasteiger partial charge on any atom is -0.373 e. The number of likely N-dealkylation sites (tertiary alicyclic amines) is 1. The van der Waals surface area contributed by atoms with Crippen molar-refractivity contribution in [3.63, 3.8) is 0 Å². The summed E-state index contributed by atoms with van der Waals surface area (Å²) < 4.78 is 19.9. The van der Waals surface area contributed by atoms with Gasteiger partial charge in [0.05, 0.1) is 18.2 Å². The van der Waals surface area contributed by atoms with Crippen LogP contribution in [0.3, 0.4) is 0 Å². The topological polar surface area (TPSA) is 45.7 Å². The summed E-state index contributed by atoms with van der Waals surface area (Å²) in [4.78, 5) is 21.8. The van der Waals surface area contributed by atoms with E-state index in [1.165, 1.54) is 17.8 Å². The van der Waals surface area contributed by atoms with Crippen LogP contribution in [-0.2, 0) is 11.2 Å². The summed E-state index contributed by atoms with van der Waals surface area (Å²) in [6.07, 6.45) is 4.83. The Hall–Kier alpha value is -3.25. The van der Waals surface area contributed by atoms with Crippen LogP contribution in [0.25, 0.3) is 0 Å². The van der Waals surface area contributed by atoms with E-state index in [1.807, 2.05) is 23.1 Å². The number of anilines is 1. The van der Waals surface area contributed by atoms with Crippen molar-refractivity contribution in [1.29, 1.82) is 0 Å². The zero-order valence-electron chi connectivity index (χ0n) is 19.5. The molecule has 1 aromatic heterocycles. The molecule has 6 heteroatoms. The molecule has 5 nitrogen and oxygen atoms in total. The van der Waals surface area contributed by atoms with Gasteiger partial charge in [-0.25, -0.2) is 4.39 Å². The number of hydrogen-bond donors (Lipinski definition) is 0. The van der Waals surface area contributed by atoms with Crippen LogP contribution >= 0.6 is 0 Å². The molecule has 0 aliphatic carbocycles. The smallest absolute Gasteiger partial charge is 0.253 e. The molecule has 0 saturated carbocycles. The molecule has 3 heterocycles. The summed E-state index contributed by atoms with van der Waals surface area (Å²) in [5, 5.41) is 0. The highest BCUT2D eigenvalue weighted by molar-refractivity contribution is 5.94. The molecule has 0 N–H and O–H groups in total. The van der Waals surface area contributed by atoms with Crippen LogP contribution in [0.2, 0.25) is 0 Å². The van der Waals surface area contributed by atoms with Crippen LogP contribution in [0.1, 0.15) is 40.9 Å². The van der Waals surface area contributed by atoms with Crippen molar-refractivity contribution in [1.82, 2.24) is 9.88 Å². The number of likely N-dealkylation sites (N-methyl/N-ethyl adjacent to an activating group) is 1. The van der Waals surface area contributed by atoms with Crippen LogP contribution in [0, 0.1) is 5.82 Å². The number of rotatable bonds is 5. The van der Waals surface area contributed by atoms with E-state index in [2.05, 4.69) is 41.2 Å². The van der Waals surface area contributed by atoms with Crippen molar-refractivity contribution >= 4 is 11.6 Å². The van der Waals surface area contributed by atoms with Gasteiger partial charge in [0.15, 0.2) is 0 Å². The van der Waals surface area contributed by atoms with Crippen molar-refractivity contribution < 1.29 is 13.9 Å². The standard InChI is InChI=1S/C28H30FN3O2/c1-31(25-8-3-2-4-9-25)26-19-28(34-20-26)11-14-32(15-12-28)27(33)22-10-13-30-24(18-22)17-21-6-5-7-23(29)16-21/h2-10,13,16,18,26H,11-12,14-15,17,19-20H2,1H3/t26-/m0/s1. The summed E-state index contributed by atoms with van der Waals surface area (Å²) in [5.41, 5.74) is 3.28. The summed E-state index contributed by atoms with van der Waals surface area (Å²) in [6.45, 7) is 2.08. The van der Waals surface area contributed by atoms with E-state index in [0.717, 1.165) is 30.5 Å². The first-order valence-electron chi connectivity index (χ1n) is 11.9. The van der Waals surface area contributed by atoms with Crippen LogP contribution in [-0.4, -0.2) is 54.2 Å². The van der Waals surface area contributed by atoms with E-state index in [9.17, 15) is 9.18 Å². The fourth-order valence-corrected chi connectivity index (χ4v) is 5.16. The highest BCUT2D eigenvalue weighted by atomic mass is 19.1. The molecule has 0 bridgehead atoms. The third kappa shape index (κ3) is 4.82. The summed E-state index contributed by atoms with van der Waals surface area (Å²) in [6, 6.07) is 20.8. The summed E-state index contributed by atoms with van der Waals surface area (Å²) in [7, 11) is 2.13. The average molecular weight is 460 g/mol. The lowest BCUT2D eigenvalue weighted by molar-refractivity contribution is -0.0388. The monoisotopic (exact) mass is 459 g/mol. The summed E-state index contributed by atoms with van der Waals surface area (Å²) in [5.74, 6) is -0.244. The minimum absolute atomic E-state index is 0.0219. The molecule has 2 aromatic carbocycles. The van der Waals surface area contributed by atoms with E-state index >= 15 is 0 Å². The third-order valence-corrected chi connectivity index (χ3v) is 7.20. The number of para-hydroxylation sites is 1. The molecule has 176 valence electrons. The molecule has 2 saturated heterocycles. The Bertz CT molecular complexity index is 1150. The fraction of sp³-hybridized carbons (Fsp3) is 0.357. The second-order valence-corrected chi connectivity index (χ2v) is 9.43. The Labute approximate surface area is 200 Å². The van der Waals surface area contributed by atoms with Crippen molar-refractivity contribution in [3.05, 3.63) is 95.6 Å². The lowest BCUT2D eigenvalue weighted by Gasteiger charge is -2.39. The number of aromatic nitrogens is 1. The van der Waals surface area contributed by atoms with E-state index in [0.29, 0.717) is 37.7 Å². The van der Waals surface area contributed by atoms with Gasteiger partial charge in [-0.05, 0) is 61.2 Å². The Morgan fingerprint density at radius 2 is 1.91 bits per heavy atom. The molecule has 2 aliphatic rings. The number of halogens is 1. The largest absolute Gasteiger partial charge is 0.373 e. The van der Waals surface area contributed by atoms with E-state index in [-0.39, 0.29) is 17.3 Å². The average Bonchev–Trinajstić information content (AvgIpc) is 3.28. The predicted molar refractivity (Wildman–Crippen MR) is 131 cm³/mol. The Morgan fingerprint density at radius 3 is 2.68 bits per heavy atom. The van der Waals surface area contributed by atoms with Crippen molar-refractivity contribution in [2.75, 3.05) is 31.6 Å². The van der Waals surface area contributed by atoms with Crippen molar-refractivity contribution in [2.24, 2.45) is 0 Å². The highest BCUT2D eigenvalue weighted by Gasteiger charge is 2.44. The van der Waals surface area contributed by atoms with E-state index in [1.54, 1.807) is 18.3 Å². The number of piperidine rings is 1. The van der Waals surface area contributed by atoms with Crippen LogP contribution < -0.4 is 4.90 Å². The first kappa shape index (κ1) is 22.5. The second-order valence-electron chi connectivity index (χ2n) is 9.43. The van der Waals surface area contributed by atoms with Gasteiger partial charge in [-0.15, -0.1) is 0 Å². The number of ether oxygens (including phenoxy) is 1. The molecule has 5 rings (SSSR count). The molecule has 0 unspecified atom stereocenters. The first-order valence-corrected chi connectivity index (χ1v) is 11.9. The number of nitrogens with zero attached hydrogens (tertiary/aromatic N) is 3. The molecule has 2 aliphatic heterocycles. The molecule has 1 amide bonds. The molecule has 0 radical (unpaired) electrons. The molecule has 34 heavy (non-hydrogen) atoms. The normalized spacial score (nSPS) is 19.4. The van der Waals surface area contributed by atoms with Gasteiger partial charge >= 0.3 is 0 Å². The lowest BCUT2D eigenvalue weighted by atomic mass is 9.87. The van der Waals surface area contributed by atoms with Gasteiger partial charge in [-0.2, -0.15) is 0 Å². The fourth-order valence-electron chi connectivity index (χ4n) is 5.16. The first-order chi connectivity index (χ1) is 16.5. The van der Waals surface area contributed by atoms with Gasteiger partial charge in [0.2, 0.25) is 0 Å². The predicted octanol–water partition coefficient (Wildman–Crippen LogP) is 4.71. The molecular formula is C28H30FN3O2. The molecule has 1 atom stereocenters. The molecule has 3 aromatic rings. The molecule has 2 fully saturated rings. The maximum Gasteiger partial charge on any atom is 0.253 e. The quantitative estimate of drug-likeness (QED) is 0.554. The van der Waals surface area contributed by atoms with Crippen LogP contribution in [0.4, 0.5) is 10.1 Å². The zero-order chi connectivity index (χ0) is 23.5. The second kappa shape index (κ2) is 9.55. The van der Waals surface area contributed by atoms with E-state index < -0.39 is 0 Å². The maximum atomic E-state index is 13.5. The molecular weight excluding hydrogens is 429 g/mol. The molecule has 1 spiro atoms. The number of amides is 1. The van der Waals surface area contributed by atoms with E-state index in [4.69, 9.17) is 4.74 Å². The van der Waals surface area contributed by atoms with Crippen molar-refractivity contribution in [3.8, 4) is 0 Å².